The lowest BCUT2D eigenvalue weighted by atomic mass is 10.1. The summed E-state index contributed by atoms with van der Waals surface area (Å²) in [5.74, 6) is 3.38. The molecule has 0 radical (unpaired) electrons. The highest BCUT2D eigenvalue weighted by atomic mass is 28.4. The molecule has 0 N–H and O–H groups in total. The van der Waals surface area contributed by atoms with Gasteiger partial charge in [-0.25, -0.2) is 0 Å². The summed E-state index contributed by atoms with van der Waals surface area (Å²) < 4.78 is 19.5. The molecule has 35 heavy (non-hydrogen) atoms. The third-order valence-corrected chi connectivity index (χ3v) is 11.9. The second-order valence-corrected chi connectivity index (χ2v) is 20.1. The van der Waals surface area contributed by atoms with Crippen molar-refractivity contribution in [3.63, 3.8) is 0 Å². The van der Waals surface area contributed by atoms with E-state index in [-0.39, 0.29) is 23.4 Å². The lowest BCUT2D eigenvalue weighted by molar-refractivity contribution is -0.0609. The maximum Gasteiger partial charge on any atom is 0.261 e. The van der Waals surface area contributed by atoms with Crippen LogP contribution in [0.15, 0.2) is 85.5 Å². The molecule has 0 spiro atoms. The van der Waals surface area contributed by atoms with Crippen LogP contribution in [0.2, 0.25) is 24.7 Å². The number of hydrogen-bond acceptors (Lipinski definition) is 3. The van der Waals surface area contributed by atoms with Gasteiger partial charge in [-0.15, -0.1) is 12.1 Å². The molecule has 3 nitrogen and oxygen atoms in total. The second-order valence-electron chi connectivity index (χ2n) is 11.1. The molecule has 1 aliphatic heterocycles. The Morgan fingerprint density at radius 2 is 1.51 bits per heavy atom. The van der Waals surface area contributed by atoms with Crippen LogP contribution in [0.4, 0.5) is 0 Å². The Hall–Kier alpha value is -2.21. The van der Waals surface area contributed by atoms with Gasteiger partial charge in [0.25, 0.3) is 8.32 Å². The molecule has 0 bridgehead atoms. The topological polar surface area (TPSA) is 27.7 Å². The van der Waals surface area contributed by atoms with E-state index in [1.54, 1.807) is 6.08 Å². The van der Waals surface area contributed by atoms with Crippen molar-refractivity contribution in [1.29, 1.82) is 0 Å². The minimum Gasteiger partial charge on any atom is -0.404 e. The molecular formula is C30H40O3Si2. The molecule has 1 aliphatic rings. The quantitative estimate of drug-likeness (QED) is 0.276. The number of hydrogen-bond donors (Lipinski definition) is 0. The van der Waals surface area contributed by atoms with Gasteiger partial charge < -0.3 is 13.9 Å². The molecule has 2 aromatic carbocycles. The van der Waals surface area contributed by atoms with Crippen molar-refractivity contribution in [2.45, 2.75) is 63.8 Å². The molecule has 0 fully saturated rings. The number of benzene rings is 2. The van der Waals surface area contributed by atoms with Gasteiger partial charge in [-0.3, -0.25) is 0 Å². The maximum atomic E-state index is 7.08. The van der Waals surface area contributed by atoms with Gasteiger partial charge in [0.05, 0.1) is 19.3 Å². The summed E-state index contributed by atoms with van der Waals surface area (Å²) in [5, 5.41) is 2.45. The first-order chi connectivity index (χ1) is 16.6. The van der Waals surface area contributed by atoms with E-state index in [9.17, 15) is 0 Å². The fraction of sp³-hybridized carbons (Fsp3) is 0.400. The molecule has 3 rings (SSSR count). The third-order valence-electron chi connectivity index (χ3n) is 6.01. The van der Waals surface area contributed by atoms with Crippen molar-refractivity contribution in [3.05, 3.63) is 85.5 Å². The van der Waals surface area contributed by atoms with Gasteiger partial charge in [0.15, 0.2) is 0 Å². The molecule has 3 atom stereocenters. The van der Waals surface area contributed by atoms with Gasteiger partial charge in [-0.05, 0) is 15.4 Å². The van der Waals surface area contributed by atoms with E-state index in [1.807, 2.05) is 0 Å². The first kappa shape index (κ1) is 27.4. The fourth-order valence-corrected chi connectivity index (χ4v) is 9.58. The Balaban J connectivity index is 1.93. The summed E-state index contributed by atoms with van der Waals surface area (Å²) in [6, 6.07) is 21.4. The highest BCUT2D eigenvalue weighted by molar-refractivity contribution is 6.99. The van der Waals surface area contributed by atoms with Gasteiger partial charge in [0, 0.05) is 0 Å². The predicted molar refractivity (Wildman–Crippen MR) is 152 cm³/mol. The van der Waals surface area contributed by atoms with E-state index >= 15 is 0 Å². The molecule has 2 aromatic rings. The minimum atomic E-state index is -2.63. The number of rotatable bonds is 8. The Bertz CT molecular complexity index is 1000. The summed E-state index contributed by atoms with van der Waals surface area (Å²) in [4.78, 5) is 0. The van der Waals surface area contributed by atoms with Crippen molar-refractivity contribution < 1.29 is 13.9 Å². The zero-order chi connectivity index (χ0) is 25.5. The van der Waals surface area contributed by atoms with Gasteiger partial charge in [0.2, 0.25) is 0 Å². The maximum absolute atomic E-state index is 7.08. The zero-order valence-corrected chi connectivity index (χ0v) is 24.1. The molecule has 0 saturated carbocycles. The number of ether oxygens (including phenoxy) is 2. The van der Waals surface area contributed by atoms with E-state index in [0.717, 1.165) is 0 Å². The molecule has 0 saturated heterocycles. The lowest BCUT2D eigenvalue weighted by Crippen LogP contribution is -2.67. The molecule has 0 aromatic heterocycles. The summed E-state index contributed by atoms with van der Waals surface area (Å²) in [6.45, 7) is 18.3. The van der Waals surface area contributed by atoms with Crippen LogP contribution >= 0.6 is 0 Å². The normalized spacial score (nSPS) is 20.7. The van der Waals surface area contributed by atoms with Crippen LogP contribution in [0.5, 0.6) is 0 Å². The SMILES string of the molecule is C=CCO[C@@H]1C=C[C@@H](CO[Si](c2ccccc2)(c2ccccc2)C(C)(C)C)O[C@@H]1C#C[Si](C)(C)C. The van der Waals surface area contributed by atoms with Crippen molar-refractivity contribution in [1.82, 2.24) is 0 Å². The largest absolute Gasteiger partial charge is 0.404 e. The summed E-state index contributed by atoms with van der Waals surface area (Å²) in [7, 11) is -4.18. The van der Waals surface area contributed by atoms with Gasteiger partial charge in [-0.1, -0.05) is 125 Å². The second kappa shape index (κ2) is 11.7. The highest BCUT2D eigenvalue weighted by Crippen LogP contribution is 2.37. The first-order valence-electron chi connectivity index (χ1n) is 12.4. The van der Waals surface area contributed by atoms with Gasteiger partial charge >= 0.3 is 0 Å². The smallest absolute Gasteiger partial charge is 0.261 e. The Kier molecular flexibility index (Phi) is 9.14. The van der Waals surface area contributed by atoms with E-state index in [4.69, 9.17) is 13.9 Å². The zero-order valence-electron chi connectivity index (χ0n) is 22.1. The predicted octanol–water partition coefficient (Wildman–Crippen LogP) is 5.34. The van der Waals surface area contributed by atoms with Crippen molar-refractivity contribution >= 4 is 26.8 Å². The molecular weight excluding hydrogens is 464 g/mol. The van der Waals surface area contributed by atoms with Crippen LogP contribution in [0.25, 0.3) is 0 Å². The highest BCUT2D eigenvalue weighted by Gasteiger charge is 2.50. The molecule has 0 aliphatic carbocycles. The van der Waals surface area contributed by atoms with E-state index in [2.05, 4.69) is 131 Å². The van der Waals surface area contributed by atoms with Crippen LogP contribution < -0.4 is 10.4 Å². The van der Waals surface area contributed by atoms with Crippen LogP contribution in [0.1, 0.15) is 20.8 Å². The molecule has 0 amide bonds. The van der Waals surface area contributed by atoms with E-state index in [0.29, 0.717) is 13.2 Å². The minimum absolute atomic E-state index is 0.0826. The summed E-state index contributed by atoms with van der Waals surface area (Å²) in [5.41, 5.74) is 3.46. The van der Waals surface area contributed by atoms with Gasteiger partial charge in [0.1, 0.15) is 20.3 Å². The lowest BCUT2D eigenvalue weighted by Gasteiger charge is -2.44. The molecule has 5 heteroatoms. The Labute approximate surface area is 214 Å². The summed E-state index contributed by atoms with van der Waals surface area (Å²) in [6.07, 6.45) is 5.19. The van der Waals surface area contributed by atoms with Crippen LogP contribution in [-0.2, 0) is 13.9 Å². The van der Waals surface area contributed by atoms with Gasteiger partial charge in [-0.2, -0.15) is 0 Å². The standard InChI is InChI=1S/C30H40O3Si2/c1-8-22-31-28-20-19-25(33-29(28)21-23-34(5,6)7)24-32-35(30(2,3)4,26-15-11-9-12-16-26)27-17-13-10-14-18-27/h8-20,25,28-29H,1,22,24H2,2-7H3/t25-,28+,29+/m0/s1. The molecule has 1 heterocycles. The van der Waals surface area contributed by atoms with Crippen molar-refractivity contribution in [2.24, 2.45) is 0 Å². The molecule has 186 valence electrons. The third kappa shape index (κ3) is 6.93. The van der Waals surface area contributed by atoms with Crippen molar-refractivity contribution in [3.8, 4) is 11.5 Å². The van der Waals surface area contributed by atoms with Crippen molar-refractivity contribution in [2.75, 3.05) is 13.2 Å². The molecule has 0 unspecified atom stereocenters. The Morgan fingerprint density at radius 3 is 2.00 bits per heavy atom. The van der Waals surface area contributed by atoms with Crippen LogP contribution in [0.3, 0.4) is 0 Å². The first-order valence-corrected chi connectivity index (χ1v) is 17.8. The van der Waals surface area contributed by atoms with Crippen LogP contribution in [-0.4, -0.2) is 47.9 Å². The fourth-order valence-electron chi connectivity index (χ4n) is 4.43. The Morgan fingerprint density at radius 1 is 0.943 bits per heavy atom. The van der Waals surface area contributed by atoms with E-state index in [1.165, 1.54) is 10.4 Å². The average molecular weight is 505 g/mol. The van der Waals surface area contributed by atoms with Crippen LogP contribution in [0, 0.1) is 11.5 Å². The monoisotopic (exact) mass is 504 g/mol. The average Bonchev–Trinajstić information content (AvgIpc) is 2.82. The van der Waals surface area contributed by atoms with E-state index < -0.39 is 16.4 Å². The summed E-state index contributed by atoms with van der Waals surface area (Å²) >= 11 is 0.